The highest BCUT2D eigenvalue weighted by Crippen LogP contribution is 2.18. The van der Waals surface area contributed by atoms with Crippen molar-refractivity contribution >= 4 is 0 Å². The van der Waals surface area contributed by atoms with Crippen LogP contribution in [0.2, 0.25) is 0 Å². The van der Waals surface area contributed by atoms with E-state index in [0.29, 0.717) is 0 Å². The fraction of sp³-hybridized carbons (Fsp3) is 0.600. The lowest BCUT2D eigenvalue weighted by Crippen LogP contribution is -2.10. The van der Waals surface area contributed by atoms with Crippen molar-refractivity contribution in [3.63, 3.8) is 0 Å². The largest absolute Gasteiger partial charge is 0.469 e. The minimum atomic E-state index is 0.787. The standard InChI is InChI=1S/C10H15NO/c1-8-3-5-12-10(8)6-9-2-4-11-7-9/h3,5,9,11H,2,4,6-7H2,1H3. The average Bonchev–Trinajstić information content (AvgIpc) is 2.65. The molecule has 0 aromatic carbocycles. The van der Waals surface area contributed by atoms with Gasteiger partial charge in [-0.3, -0.25) is 0 Å². The van der Waals surface area contributed by atoms with E-state index in [2.05, 4.69) is 12.2 Å². The maximum atomic E-state index is 5.40. The van der Waals surface area contributed by atoms with E-state index >= 15 is 0 Å². The molecule has 1 fully saturated rings. The van der Waals surface area contributed by atoms with Crippen molar-refractivity contribution in [3.8, 4) is 0 Å². The lowest BCUT2D eigenvalue weighted by Gasteiger charge is -2.05. The highest BCUT2D eigenvalue weighted by molar-refractivity contribution is 5.15. The van der Waals surface area contributed by atoms with E-state index in [4.69, 9.17) is 4.42 Å². The van der Waals surface area contributed by atoms with E-state index < -0.39 is 0 Å². The molecular weight excluding hydrogens is 150 g/mol. The molecule has 1 atom stereocenters. The third kappa shape index (κ3) is 1.53. The molecule has 1 aromatic rings. The summed E-state index contributed by atoms with van der Waals surface area (Å²) in [6.07, 6.45) is 4.18. The van der Waals surface area contributed by atoms with Gasteiger partial charge in [0.15, 0.2) is 0 Å². The molecule has 2 nitrogen and oxygen atoms in total. The molecule has 1 N–H and O–H groups in total. The van der Waals surface area contributed by atoms with Crippen LogP contribution >= 0.6 is 0 Å². The number of hydrogen-bond donors (Lipinski definition) is 1. The van der Waals surface area contributed by atoms with Gasteiger partial charge in [0.25, 0.3) is 0 Å². The summed E-state index contributed by atoms with van der Waals surface area (Å²) in [6, 6.07) is 2.04. The van der Waals surface area contributed by atoms with Crippen molar-refractivity contribution in [3.05, 3.63) is 23.7 Å². The van der Waals surface area contributed by atoms with Gasteiger partial charge in [-0.1, -0.05) is 0 Å². The Kier molecular flexibility index (Phi) is 2.17. The van der Waals surface area contributed by atoms with Crippen LogP contribution in [-0.2, 0) is 6.42 Å². The SMILES string of the molecule is Cc1ccoc1CC1CCNC1. The van der Waals surface area contributed by atoms with Crippen molar-refractivity contribution in [2.24, 2.45) is 5.92 Å². The quantitative estimate of drug-likeness (QED) is 0.722. The maximum Gasteiger partial charge on any atom is 0.106 e. The van der Waals surface area contributed by atoms with Crippen molar-refractivity contribution in [1.82, 2.24) is 5.32 Å². The maximum absolute atomic E-state index is 5.40. The van der Waals surface area contributed by atoms with E-state index in [-0.39, 0.29) is 0 Å². The summed E-state index contributed by atoms with van der Waals surface area (Å²) in [4.78, 5) is 0. The molecule has 1 aliphatic rings. The molecule has 2 heterocycles. The van der Waals surface area contributed by atoms with Crippen LogP contribution in [0.4, 0.5) is 0 Å². The van der Waals surface area contributed by atoms with Crippen LogP contribution in [0.5, 0.6) is 0 Å². The Bertz CT molecular complexity index is 248. The number of aryl methyl sites for hydroxylation is 1. The summed E-state index contributed by atoms with van der Waals surface area (Å²) in [5.74, 6) is 1.96. The number of furan rings is 1. The molecular formula is C10H15NO. The lowest BCUT2D eigenvalue weighted by atomic mass is 10.0. The van der Waals surface area contributed by atoms with Gasteiger partial charge in [-0.2, -0.15) is 0 Å². The molecule has 0 spiro atoms. The van der Waals surface area contributed by atoms with Crippen molar-refractivity contribution < 1.29 is 4.42 Å². The Morgan fingerprint density at radius 1 is 1.67 bits per heavy atom. The molecule has 0 saturated carbocycles. The zero-order chi connectivity index (χ0) is 8.39. The third-order valence-corrected chi connectivity index (χ3v) is 2.60. The average molecular weight is 165 g/mol. The molecule has 1 aliphatic heterocycles. The number of nitrogens with one attached hydrogen (secondary N) is 1. The van der Waals surface area contributed by atoms with Crippen molar-refractivity contribution in [2.75, 3.05) is 13.1 Å². The van der Waals surface area contributed by atoms with Gasteiger partial charge in [-0.05, 0) is 44.0 Å². The monoisotopic (exact) mass is 165 g/mol. The predicted octanol–water partition coefficient (Wildman–Crippen LogP) is 1.74. The Morgan fingerprint density at radius 3 is 3.17 bits per heavy atom. The van der Waals surface area contributed by atoms with E-state index in [9.17, 15) is 0 Å². The molecule has 1 unspecified atom stereocenters. The van der Waals surface area contributed by atoms with E-state index in [0.717, 1.165) is 18.9 Å². The number of hydrogen-bond acceptors (Lipinski definition) is 2. The topological polar surface area (TPSA) is 25.2 Å². The Labute approximate surface area is 73.0 Å². The fourth-order valence-corrected chi connectivity index (χ4v) is 1.76. The fourth-order valence-electron chi connectivity index (χ4n) is 1.76. The van der Waals surface area contributed by atoms with E-state index in [1.165, 1.54) is 24.3 Å². The highest BCUT2D eigenvalue weighted by Gasteiger charge is 2.16. The summed E-state index contributed by atoms with van der Waals surface area (Å²) in [5, 5.41) is 3.36. The van der Waals surface area contributed by atoms with Gasteiger partial charge in [0.2, 0.25) is 0 Å². The third-order valence-electron chi connectivity index (χ3n) is 2.60. The van der Waals surface area contributed by atoms with Crippen LogP contribution in [-0.4, -0.2) is 13.1 Å². The first kappa shape index (κ1) is 7.87. The van der Waals surface area contributed by atoms with Gasteiger partial charge in [-0.25, -0.2) is 0 Å². The summed E-state index contributed by atoms with van der Waals surface area (Å²) < 4.78 is 5.40. The van der Waals surface area contributed by atoms with Crippen LogP contribution in [0, 0.1) is 12.8 Å². The Morgan fingerprint density at radius 2 is 2.58 bits per heavy atom. The smallest absolute Gasteiger partial charge is 0.106 e. The van der Waals surface area contributed by atoms with Gasteiger partial charge in [0.1, 0.15) is 5.76 Å². The summed E-state index contributed by atoms with van der Waals surface area (Å²) in [6.45, 7) is 4.44. The minimum Gasteiger partial charge on any atom is -0.469 e. The van der Waals surface area contributed by atoms with Gasteiger partial charge in [-0.15, -0.1) is 0 Å². The second-order valence-corrected chi connectivity index (χ2v) is 3.59. The van der Waals surface area contributed by atoms with Gasteiger partial charge >= 0.3 is 0 Å². The molecule has 0 aliphatic carbocycles. The first-order chi connectivity index (χ1) is 5.86. The Hall–Kier alpha value is -0.760. The normalized spacial score (nSPS) is 23.2. The second-order valence-electron chi connectivity index (χ2n) is 3.59. The molecule has 1 saturated heterocycles. The number of rotatable bonds is 2. The van der Waals surface area contributed by atoms with Crippen LogP contribution < -0.4 is 5.32 Å². The van der Waals surface area contributed by atoms with Crippen molar-refractivity contribution in [2.45, 2.75) is 19.8 Å². The highest BCUT2D eigenvalue weighted by atomic mass is 16.3. The van der Waals surface area contributed by atoms with Crippen LogP contribution in [0.1, 0.15) is 17.7 Å². The first-order valence-electron chi connectivity index (χ1n) is 4.60. The zero-order valence-electron chi connectivity index (χ0n) is 7.47. The molecule has 0 radical (unpaired) electrons. The van der Waals surface area contributed by atoms with Crippen LogP contribution in [0.3, 0.4) is 0 Å². The summed E-state index contributed by atoms with van der Waals surface area (Å²) in [5.41, 5.74) is 1.29. The van der Waals surface area contributed by atoms with E-state index in [1.807, 2.05) is 6.07 Å². The van der Waals surface area contributed by atoms with Crippen LogP contribution in [0.15, 0.2) is 16.7 Å². The summed E-state index contributed by atoms with van der Waals surface area (Å²) >= 11 is 0. The van der Waals surface area contributed by atoms with Crippen molar-refractivity contribution in [1.29, 1.82) is 0 Å². The van der Waals surface area contributed by atoms with E-state index in [1.54, 1.807) is 6.26 Å². The Balaban J connectivity index is 1.98. The molecule has 0 bridgehead atoms. The minimum absolute atomic E-state index is 0.787. The summed E-state index contributed by atoms with van der Waals surface area (Å²) in [7, 11) is 0. The molecule has 12 heavy (non-hydrogen) atoms. The second kappa shape index (κ2) is 3.31. The van der Waals surface area contributed by atoms with Gasteiger partial charge in [0, 0.05) is 6.42 Å². The lowest BCUT2D eigenvalue weighted by molar-refractivity contribution is 0.454. The molecule has 2 heteroatoms. The molecule has 1 aromatic heterocycles. The molecule has 66 valence electrons. The zero-order valence-corrected chi connectivity index (χ0v) is 7.47. The van der Waals surface area contributed by atoms with Gasteiger partial charge < -0.3 is 9.73 Å². The molecule has 2 rings (SSSR count). The van der Waals surface area contributed by atoms with Gasteiger partial charge in [0.05, 0.1) is 6.26 Å². The first-order valence-corrected chi connectivity index (χ1v) is 4.60. The molecule has 0 amide bonds. The van der Waals surface area contributed by atoms with Crippen LogP contribution in [0.25, 0.3) is 0 Å². The predicted molar refractivity (Wildman–Crippen MR) is 48.1 cm³/mol.